The Bertz CT molecular complexity index is 367. The van der Waals surface area contributed by atoms with Crippen molar-refractivity contribution in [3.05, 3.63) is 34.9 Å². The van der Waals surface area contributed by atoms with Crippen LogP contribution in [0.4, 0.5) is 0 Å². The molecule has 88 valence electrons. The van der Waals surface area contributed by atoms with Crippen LogP contribution in [0.5, 0.6) is 0 Å². The molecule has 16 heavy (non-hydrogen) atoms. The number of benzene rings is 1. The number of carbonyl (C=O) groups excluding carboxylic acids is 1. The summed E-state index contributed by atoms with van der Waals surface area (Å²) in [6, 6.07) is 5.94. The second kappa shape index (κ2) is 5.48. The number of alkyl halides is 1. The molecular weight excluding hydrogens is 266 g/mol. The summed E-state index contributed by atoms with van der Waals surface area (Å²) in [4.78, 5) is 14.1. The average molecular weight is 284 g/mol. The number of hydrogen-bond donors (Lipinski definition) is 0. The first-order chi connectivity index (χ1) is 7.40. The topological polar surface area (TPSA) is 20.3 Å². The molecular formula is C13H18BrNO. The van der Waals surface area contributed by atoms with Gasteiger partial charge in [-0.15, -0.1) is 0 Å². The lowest BCUT2D eigenvalue weighted by Crippen LogP contribution is -2.31. The second-order valence-electron chi connectivity index (χ2n) is 4.34. The number of nitrogens with zero attached hydrogens (tertiary/aromatic N) is 1. The predicted octanol–water partition coefficient (Wildman–Crippen LogP) is 3.16. The summed E-state index contributed by atoms with van der Waals surface area (Å²) in [6.45, 7) is 6.77. The molecule has 0 N–H and O–H groups in total. The van der Waals surface area contributed by atoms with Crippen LogP contribution in [0.2, 0.25) is 0 Å². The molecule has 0 aliphatic heterocycles. The molecule has 1 unspecified atom stereocenters. The summed E-state index contributed by atoms with van der Waals surface area (Å²) >= 11 is 3.45. The molecule has 1 aromatic rings. The van der Waals surface area contributed by atoms with E-state index in [0.29, 0.717) is 11.4 Å². The Kier molecular flexibility index (Phi) is 4.54. The van der Waals surface area contributed by atoms with E-state index >= 15 is 0 Å². The summed E-state index contributed by atoms with van der Waals surface area (Å²) < 4.78 is 0. The Labute approximate surface area is 106 Å². The number of hydrogen-bond acceptors (Lipinski definition) is 1. The van der Waals surface area contributed by atoms with Gasteiger partial charge in [0.1, 0.15) is 0 Å². The van der Waals surface area contributed by atoms with Gasteiger partial charge in [-0.05, 0) is 26.0 Å². The minimum absolute atomic E-state index is 0.0816. The summed E-state index contributed by atoms with van der Waals surface area (Å²) in [5, 5.41) is 0. The van der Waals surface area contributed by atoms with Gasteiger partial charge < -0.3 is 4.90 Å². The summed E-state index contributed by atoms with van der Waals surface area (Å²) in [7, 11) is 1.83. The quantitative estimate of drug-likeness (QED) is 0.781. The summed E-state index contributed by atoms with van der Waals surface area (Å²) in [5.74, 6) is 0.0816. The predicted molar refractivity (Wildman–Crippen MR) is 71.3 cm³/mol. The van der Waals surface area contributed by atoms with Gasteiger partial charge in [-0.3, -0.25) is 4.79 Å². The number of amides is 1. The summed E-state index contributed by atoms with van der Waals surface area (Å²) in [6.07, 6.45) is 0. The molecule has 0 fully saturated rings. The van der Waals surface area contributed by atoms with Crippen molar-refractivity contribution in [2.24, 2.45) is 0 Å². The van der Waals surface area contributed by atoms with Gasteiger partial charge in [-0.2, -0.15) is 0 Å². The van der Waals surface area contributed by atoms with Gasteiger partial charge in [0.25, 0.3) is 5.91 Å². The highest BCUT2D eigenvalue weighted by molar-refractivity contribution is 9.09. The minimum atomic E-state index is 0.0816. The monoisotopic (exact) mass is 283 g/mol. The van der Waals surface area contributed by atoms with Crippen LogP contribution < -0.4 is 0 Å². The maximum absolute atomic E-state index is 12.1. The largest absolute Gasteiger partial charge is 0.341 e. The minimum Gasteiger partial charge on any atom is -0.341 e. The zero-order valence-electron chi connectivity index (χ0n) is 10.2. The molecule has 0 bridgehead atoms. The van der Waals surface area contributed by atoms with Gasteiger partial charge in [0.15, 0.2) is 0 Å². The lowest BCUT2D eigenvalue weighted by atomic mass is 10.1. The van der Waals surface area contributed by atoms with E-state index < -0.39 is 0 Å². The van der Waals surface area contributed by atoms with Crippen molar-refractivity contribution in [3.63, 3.8) is 0 Å². The molecule has 1 rings (SSSR count). The van der Waals surface area contributed by atoms with Crippen LogP contribution >= 0.6 is 15.9 Å². The molecule has 1 aromatic carbocycles. The van der Waals surface area contributed by atoms with Gasteiger partial charge in [0.05, 0.1) is 0 Å². The van der Waals surface area contributed by atoms with E-state index in [0.717, 1.165) is 16.7 Å². The average Bonchev–Trinajstić information content (AvgIpc) is 2.13. The molecule has 2 nitrogen and oxygen atoms in total. The fraction of sp³-hybridized carbons (Fsp3) is 0.462. The van der Waals surface area contributed by atoms with Crippen molar-refractivity contribution >= 4 is 21.8 Å². The molecule has 0 aliphatic carbocycles. The highest BCUT2D eigenvalue weighted by Gasteiger charge is 2.13. The Morgan fingerprint density at radius 1 is 1.31 bits per heavy atom. The lowest BCUT2D eigenvalue weighted by Gasteiger charge is -2.19. The van der Waals surface area contributed by atoms with Crippen LogP contribution in [0.3, 0.4) is 0 Å². The van der Waals surface area contributed by atoms with E-state index in [1.807, 2.05) is 40.0 Å². The van der Waals surface area contributed by atoms with Crippen molar-refractivity contribution in [3.8, 4) is 0 Å². The van der Waals surface area contributed by atoms with E-state index in [4.69, 9.17) is 0 Å². The molecule has 0 heterocycles. The molecule has 0 saturated heterocycles. The van der Waals surface area contributed by atoms with Crippen molar-refractivity contribution in [2.75, 3.05) is 13.6 Å². The molecule has 0 aromatic heterocycles. The highest BCUT2D eigenvalue weighted by Crippen LogP contribution is 2.12. The van der Waals surface area contributed by atoms with Crippen molar-refractivity contribution in [1.29, 1.82) is 0 Å². The van der Waals surface area contributed by atoms with Crippen molar-refractivity contribution in [1.82, 2.24) is 4.90 Å². The Hall–Kier alpha value is -0.830. The Balaban J connectivity index is 2.87. The first-order valence-electron chi connectivity index (χ1n) is 5.38. The molecule has 0 radical (unpaired) electrons. The summed E-state index contributed by atoms with van der Waals surface area (Å²) in [5.41, 5.74) is 3.03. The van der Waals surface area contributed by atoms with Crippen LogP contribution in [0.15, 0.2) is 18.2 Å². The van der Waals surface area contributed by atoms with E-state index in [1.54, 1.807) is 4.90 Å². The molecule has 3 heteroatoms. The molecule has 1 atom stereocenters. The van der Waals surface area contributed by atoms with E-state index in [1.165, 1.54) is 0 Å². The lowest BCUT2D eigenvalue weighted by molar-refractivity contribution is 0.0797. The van der Waals surface area contributed by atoms with Crippen molar-refractivity contribution in [2.45, 2.75) is 25.6 Å². The van der Waals surface area contributed by atoms with Gasteiger partial charge in [0.2, 0.25) is 0 Å². The first-order valence-corrected chi connectivity index (χ1v) is 6.29. The number of carbonyl (C=O) groups is 1. The van der Waals surface area contributed by atoms with Crippen LogP contribution in [-0.2, 0) is 0 Å². The fourth-order valence-electron chi connectivity index (χ4n) is 1.78. The fourth-order valence-corrected chi connectivity index (χ4v) is 2.21. The third-order valence-electron chi connectivity index (χ3n) is 2.34. The third kappa shape index (κ3) is 3.63. The molecule has 0 spiro atoms. The van der Waals surface area contributed by atoms with Crippen LogP contribution in [0, 0.1) is 13.8 Å². The van der Waals surface area contributed by atoms with Crippen LogP contribution in [-0.4, -0.2) is 29.2 Å². The SMILES string of the molecule is Cc1cc(C)cc(C(=O)N(C)CC(C)Br)c1. The van der Waals surface area contributed by atoms with Crippen LogP contribution in [0.1, 0.15) is 28.4 Å². The van der Waals surface area contributed by atoms with E-state index in [-0.39, 0.29) is 5.91 Å². The Morgan fingerprint density at radius 2 is 1.81 bits per heavy atom. The molecule has 1 amide bonds. The normalized spacial score (nSPS) is 12.3. The van der Waals surface area contributed by atoms with Crippen molar-refractivity contribution < 1.29 is 4.79 Å². The smallest absolute Gasteiger partial charge is 0.253 e. The number of aryl methyl sites for hydroxylation is 2. The highest BCUT2D eigenvalue weighted by atomic mass is 79.9. The number of halogens is 1. The first kappa shape index (κ1) is 13.2. The molecule has 0 aliphatic rings. The zero-order valence-corrected chi connectivity index (χ0v) is 11.8. The second-order valence-corrected chi connectivity index (χ2v) is 5.91. The standard InChI is InChI=1S/C13H18BrNO/c1-9-5-10(2)7-12(6-9)13(16)15(4)8-11(3)14/h5-7,11H,8H2,1-4H3. The maximum Gasteiger partial charge on any atom is 0.253 e. The van der Waals surface area contributed by atoms with Gasteiger partial charge in [-0.25, -0.2) is 0 Å². The van der Waals surface area contributed by atoms with Crippen LogP contribution in [0.25, 0.3) is 0 Å². The maximum atomic E-state index is 12.1. The third-order valence-corrected chi connectivity index (χ3v) is 2.63. The van der Waals surface area contributed by atoms with E-state index in [2.05, 4.69) is 22.0 Å². The molecule has 0 saturated carbocycles. The zero-order chi connectivity index (χ0) is 12.3. The number of rotatable bonds is 3. The Morgan fingerprint density at radius 3 is 2.25 bits per heavy atom. The van der Waals surface area contributed by atoms with Gasteiger partial charge in [0, 0.05) is 24.0 Å². The van der Waals surface area contributed by atoms with Gasteiger partial charge >= 0.3 is 0 Å². The van der Waals surface area contributed by atoms with E-state index in [9.17, 15) is 4.79 Å². The van der Waals surface area contributed by atoms with Gasteiger partial charge in [-0.1, -0.05) is 40.0 Å².